The number of rotatable bonds is 3. The van der Waals surface area contributed by atoms with Gasteiger partial charge in [0.25, 0.3) is 0 Å². The Labute approximate surface area is 107 Å². The van der Waals surface area contributed by atoms with Crippen molar-refractivity contribution in [3.8, 4) is 0 Å². The van der Waals surface area contributed by atoms with Crippen LogP contribution in [0.1, 0.15) is 39.4 Å². The smallest absolute Gasteiger partial charge is 0.323 e. The van der Waals surface area contributed by atoms with E-state index in [4.69, 9.17) is 9.26 Å². The van der Waals surface area contributed by atoms with E-state index in [2.05, 4.69) is 10.1 Å². The maximum atomic E-state index is 12.1. The molecule has 1 aromatic heterocycles. The van der Waals surface area contributed by atoms with Gasteiger partial charge in [-0.25, -0.2) is 0 Å². The summed E-state index contributed by atoms with van der Waals surface area (Å²) in [7, 11) is 0. The van der Waals surface area contributed by atoms with Crippen LogP contribution in [0.25, 0.3) is 0 Å². The highest BCUT2D eigenvalue weighted by molar-refractivity contribution is 5.76. The third-order valence-corrected chi connectivity index (χ3v) is 2.89. The fourth-order valence-corrected chi connectivity index (χ4v) is 2.18. The quantitative estimate of drug-likeness (QED) is 0.770. The van der Waals surface area contributed by atoms with Crippen LogP contribution >= 0.6 is 0 Å². The average molecular weight is 252 g/mol. The summed E-state index contributed by atoms with van der Waals surface area (Å²) in [6.07, 6.45) is 3.48. The van der Waals surface area contributed by atoms with Crippen molar-refractivity contribution in [2.75, 3.05) is 6.54 Å². The number of aromatic nitrogens is 1. The molecule has 1 fully saturated rings. The Morgan fingerprint density at radius 1 is 1.61 bits per heavy atom. The van der Waals surface area contributed by atoms with Crippen LogP contribution in [0.3, 0.4) is 0 Å². The van der Waals surface area contributed by atoms with Gasteiger partial charge < -0.3 is 9.26 Å². The number of carbonyl (C=O) groups excluding carboxylic acids is 1. The molecule has 0 aliphatic carbocycles. The van der Waals surface area contributed by atoms with Crippen LogP contribution in [-0.4, -0.2) is 34.2 Å². The Bertz CT molecular complexity index is 395. The largest absolute Gasteiger partial charge is 0.459 e. The summed E-state index contributed by atoms with van der Waals surface area (Å²) < 4.78 is 10.5. The molecule has 1 aliphatic rings. The first-order valence-corrected chi connectivity index (χ1v) is 6.32. The lowest BCUT2D eigenvalue weighted by molar-refractivity contribution is -0.160. The number of ether oxygens (including phenoxy) is 1. The zero-order valence-corrected chi connectivity index (χ0v) is 11.2. The van der Waals surface area contributed by atoms with Crippen molar-refractivity contribution in [2.45, 2.75) is 51.8 Å². The molecule has 0 spiro atoms. The van der Waals surface area contributed by atoms with E-state index in [9.17, 15) is 4.79 Å². The van der Waals surface area contributed by atoms with Gasteiger partial charge in [0.05, 0.1) is 12.7 Å². The summed E-state index contributed by atoms with van der Waals surface area (Å²) in [5.74, 6) is 0.643. The zero-order valence-electron chi connectivity index (χ0n) is 11.2. The molecule has 18 heavy (non-hydrogen) atoms. The lowest BCUT2D eigenvalue weighted by Gasteiger charge is -2.26. The summed E-state index contributed by atoms with van der Waals surface area (Å²) in [6, 6.07) is 1.67. The molecule has 100 valence electrons. The van der Waals surface area contributed by atoms with Crippen LogP contribution in [0.5, 0.6) is 0 Å². The number of carbonyl (C=O) groups is 1. The fourth-order valence-electron chi connectivity index (χ4n) is 2.18. The molecule has 5 heteroatoms. The number of nitrogens with zero attached hydrogens (tertiary/aromatic N) is 2. The fraction of sp³-hybridized carbons (Fsp3) is 0.692. The second kappa shape index (κ2) is 5.10. The van der Waals surface area contributed by atoms with Crippen molar-refractivity contribution in [3.63, 3.8) is 0 Å². The maximum Gasteiger partial charge on any atom is 0.323 e. The summed E-state index contributed by atoms with van der Waals surface area (Å²) in [5.41, 5.74) is -0.433. The molecule has 0 aromatic carbocycles. The van der Waals surface area contributed by atoms with Gasteiger partial charge in [-0.1, -0.05) is 5.16 Å². The number of hydrogen-bond acceptors (Lipinski definition) is 5. The molecule has 0 bridgehead atoms. The van der Waals surface area contributed by atoms with Crippen molar-refractivity contribution in [2.24, 2.45) is 0 Å². The number of likely N-dealkylation sites (tertiary alicyclic amines) is 1. The van der Waals surface area contributed by atoms with Crippen molar-refractivity contribution >= 4 is 5.97 Å². The molecule has 0 N–H and O–H groups in total. The SMILES string of the molecule is CC(C)(C)OC(=O)[C@H]1CCCN1Cc1ccno1. The highest BCUT2D eigenvalue weighted by Gasteiger charge is 2.34. The monoisotopic (exact) mass is 252 g/mol. The first kappa shape index (κ1) is 13.1. The van der Waals surface area contributed by atoms with Gasteiger partial charge in [0, 0.05) is 6.07 Å². The molecule has 5 nitrogen and oxygen atoms in total. The van der Waals surface area contributed by atoms with Crippen molar-refractivity contribution in [1.82, 2.24) is 10.1 Å². The molecule has 1 aliphatic heterocycles. The second-order valence-electron chi connectivity index (χ2n) is 5.64. The van der Waals surface area contributed by atoms with E-state index in [-0.39, 0.29) is 12.0 Å². The summed E-state index contributed by atoms with van der Waals surface area (Å²) >= 11 is 0. The molecule has 1 aromatic rings. The molecule has 0 radical (unpaired) electrons. The minimum Gasteiger partial charge on any atom is -0.459 e. The van der Waals surface area contributed by atoms with Crippen LogP contribution in [0, 0.1) is 0 Å². The Kier molecular flexibility index (Phi) is 3.71. The Morgan fingerprint density at radius 3 is 3.00 bits per heavy atom. The van der Waals surface area contributed by atoms with Crippen LogP contribution in [0.4, 0.5) is 0 Å². The summed E-state index contributed by atoms with van der Waals surface area (Å²) in [4.78, 5) is 14.2. The predicted molar refractivity (Wildman–Crippen MR) is 65.8 cm³/mol. The van der Waals surface area contributed by atoms with Gasteiger partial charge >= 0.3 is 5.97 Å². The molecule has 0 saturated carbocycles. The molecule has 1 saturated heterocycles. The summed E-state index contributed by atoms with van der Waals surface area (Å²) in [6.45, 7) is 7.18. The minimum atomic E-state index is -0.433. The topological polar surface area (TPSA) is 55.6 Å². The molecule has 0 unspecified atom stereocenters. The normalized spacial score (nSPS) is 21.2. The lowest BCUT2D eigenvalue weighted by Crippen LogP contribution is -2.40. The maximum absolute atomic E-state index is 12.1. The van der Waals surface area contributed by atoms with Crippen molar-refractivity contribution in [3.05, 3.63) is 18.0 Å². The van der Waals surface area contributed by atoms with Crippen molar-refractivity contribution < 1.29 is 14.1 Å². The molecule has 1 atom stereocenters. The van der Waals surface area contributed by atoms with Gasteiger partial charge in [-0.3, -0.25) is 9.69 Å². The van der Waals surface area contributed by atoms with Crippen LogP contribution in [-0.2, 0) is 16.1 Å². The number of esters is 1. The zero-order chi connectivity index (χ0) is 13.2. The van der Waals surface area contributed by atoms with E-state index in [1.807, 2.05) is 26.8 Å². The third-order valence-electron chi connectivity index (χ3n) is 2.89. The van der Waals surface area contributed by atoms with E-state index in [1.54, 1.807) is 6.20 Å². The van der Waals surface area contributed by atoms with E-state index in [0.717, 1.165) is 25.1 Å². The first-order chi connectivity index (χ1) is 8.46. The Balaban J connectivity index is 1.97. The van der Waals surface area contributed by atoms with Crippen LogP contribution < -0.4 is 0 Å². The highest BCUT2D eigenvalue weighted by atomic mass is 16.6. The van der Waals surface area contributed by atoms with Crippen LogP contribution in [0.2, 0.25) is 0 Å². The molecule has 0 amide bonds. The molecule has 2 heterocycles. The predicted octanol–water partition coefficient (Wildman–Crippen LogP) is 1.98. The van der Waals surface area contributed by atoms with Crippen molar-refractivity contribution in [1.29, 1.82) is 0 Å². The van der Waals surface area contributed by atoms with Gasteiger partial charge in [-0.05, 0) is 40.2 Å². The molecular weight excluding hydrogens is 232 g/mol. The number of hydrogen-bond donors (Lipinski definition) is 0. The Hall–Kier alpha value is -1.36. The molecule has 2 rings (SSSR count). The Morgan fingerprint density at radius 2 is 2.39 bits per heavy atom. The van der Waals surface area contributed by atoms with E-state index < -0.39 is 5.60 Å². The van der Waals surface area contributed by atoms with E-state index >= 15 is 0 Å². The third kappa shape index (κ3) is 3.32. The van der Waals surface area contributed by atoms with E-state index in [0.29, 0.717) is 6.54 Å². The van der Waals surface area contributed by atoms with Gasteiger partial charge in [0.15, 0.2) is 5.76 Å². The van der Waals surface area contributed by atoms with Gasteiger partial charge in [-0.2, -0.15) is 0 Å². The van der Waals surface area contributed by atoms with Crippen LogP contribution in [0.15, 0.2) is 16.8 Å². The average Bonchev–Trinajstić information content (AvgIpc) is 2.86. The highest BCUT2D eigenvalue weighted by Crippen LogP contribution is 2.22. The first-order valence-electron chi connectivity index (χ1n) is 6.32. The molecular formula is C13H20N2O3. The lowest BCUT2D eigenvalue weighted by atomic mass is 10.1. The van der Waals surface area contributed by atoms with Gasteiger partial charge in [-0.15, -0.1) is 0 Å². The van der Waals surface area contributed by atoms with Gasteiger partial charge in [0.2, 0.25) is 0 Å². The van der Waals surface area contributed by atoms with Gasteiger partial charge in [0.1, 0.15) is 11.6 Å². The minimum absolute atomic E-state index is 0.139. The standard InChI is InChI=1S/C13H20N2O3/c1-13(2,3)17-12(16)11-5-4-8-15(11)9-10-6-7-14-18-10/h6-7,11H,4-5,8-9H2,1-3H3/t11-/m1/s1. The van der Waals surface area contributed by atoms with E-state index in [1.165, 1.54) is 0 Å². The second-order valence-corrected chi connectivity index (χ2v) is 5.64. The summed E-state index contributed by atoms with van der Waals surface area (Å²) in [5, 5.41) is 3.68.